The Hall–Kier alpha value is -1.05. The molecular formula is C10H14O2. The maximum absolute atomic E-state index is 11.1. The number of esters is 1. The zero-order valence-electron chi connectivity index (χ0n) is 7.54. The second kappa shape index (κ2) is 3.13. The second-order valence-electron chi connectivity index (χ2n) is 3.31. The van der Waals surface area contributed by atoms with E-state index in [0.29, 0.717) is 0 Å². The van der Waals surface area contributed by atoms with Gasteiger partial charge in [-0.3, -0.25) is 4.79 Å². The van der Waals surface area contributed by atoms with Crippen LogP contribution < -0.4 is 0 Å². The number of cyclic esters (lactones) is 1. The first kappa shape index (κ1) is 9.04. The van der Waals surface area contributed by atoms with Crippen molar-refractivity contribution >= 4 is 5.97 Å². The molecule has 1 saturated heterocycles. The maximum atomic E-state index is 11.1. The molecule has 1 fully saturated rings. The Bertz CT molecular complexity index is 230. The smallest absolute Gasteiger partial charge is 0.310 e. The molecule has 0 aliphatic carbocycles. The summed E-state index contributed by atoms with van der Waals surface area (Å²) in [7, 11) is 0. The molecular weight excluding hydrogens is 152 g/mol. The van der Waals surface area contributed by atoms with E-state index >= 15 is 0 Å². The third-order valence-corrected chi connectivity index (χ3v) is 2.30. The Balaban J connectivity index is 2.85. The van der Waals surface area contributed by atoms with Crippen LogP contribution in [-0.2, 0) is 9.53 Å². The number of carbonyl (C=O) groups excluding carboxylic acids is 1. The summed E-state index contributed by atoms with van der Waals surface area (Å²) >= 11 is 0. The van der Waals surface area contributed by atoms with E-state index in [9.17, 15) is 4.79 Å². The minimum Gasteiger partial charge on any atom is -0.457 e. The molecule has 0 amide bonds. The van der Waals surface area contributed by atoms with E-state index in [1.807, 2.05) is 13.8 Å². The van der Waals surface area contributed by atoms with Crippen molar-refractivity contribution in [2.45, 2.75) is 20.0 Å². The Kier molecular flexibility index (Phi) is 2.36. The molecule has 1 aliphatic heterocycles. The fourth-order valence-electron chi connectivity index (χ4n) is 1.49. The molecule has 2 nitrogen and oxygen atoms in total. The van der Waals surface area contributed by atoms with Crippen LogP contribution in [0, 0.1) is 11.8 Å². The van der Waals surface area contributed by atoms with E-state index in [-0.39, 0.29) is 23.9 Å². The molecule has 0 radical (unpaired) electrons. The van der Waals surface area contributed by atoms with E-state index in [1.165, 1.54) is 0 Å². The first-order chi connectivity index (χ1) is 5.57. The molecule has 0 N–H and O–H groups in total. The predicted octanol–water partition coefficient (Wildman–Crippen LogP) is 1.93. The summed E-state index contributed by atoms with van der Waals surface area (Å²) in [6, 6.07) is 0. The van der Waals surface area contributed by atoms with Crippen molar-refractivity contribution in [3.63, 3.8) is 0 Å². The number of ether oxygens (including phenoxy) is 1. The van der Waals surface area contributed by atoms with E-state index < -0.39 is 0 Å². The zero-order chi connectivity index (χ0) is 9.30. The number of hydrogen-bond donors (Lipinski definition) is 0. The van der Waals surface area contributed by atoms with Crippen LogP contribution in [0.2, 0.25) is 0 Å². The fourth-order valence-corrected chi connectivity index (χ4v) is 1.49. The molecule has 66 valence electrons. The highest BCUT2D eigenvalue weighted by atomic mass is 16.6. The molecule has 0 saturated carbocycles. The summed E-state index contributed by atoms with van der Waals surface area (Å²) in [5.74, 6) is -0.132. The fraction of sp³-hybridized carbons (Fsp3) is 0.500. The topological polar surface area (TPSA) is 26.3 Å². The standard InChI is InChI=1S/C10H14O2/c1-5-8-7(4)10(11)12-9(8)6(2)3/h5,7-9H,1-2H2,3-4H3/t7-,8-,9+/m0/s1. The Labute approximate surface area is 72.9 Å². The van der Waals surface area contributed by atoms with Crippen LogP contribution in [0.15, 0.2) is 24.8 Å². The lowest BCUT2D eigenvalue weighted by molar-refractivity contribution is -0.142. The number of carbonyl (C=O) groups is 1. The van der Waals surface area contributed by atoms with Crippen molar-refractivity contribution in [3.8, 4) is 0 Å². The highest BCUT2D eigenvalue weighted by Crippen LogP contribution is 2.32. The molecule has 0 aromatic rings. The van der Waals surface area contributed by atoms with Gasteiger partial charge in [0.2, 0.25) is 0 Å². The summed E-state index contributed by atoms with van der Waals surface area (Å²) in [6.45, 7) is 11.2. The van der Waals surface area contributed by atoms with Crippen LogP contribution in [0.1, 0.15) is 13.8 Å². The van der Waals surface area contributed by atoms with Crippen molar-refractivity contribution < 1.29 is 9.53 Å². The Morgan fingerprint density at radius 1 is 1.67 bits per heavy atom. The van der Waals surface area contributed by atoms with E-state index in [0.717, 1.165) is 5.57 Å². The van der Waals surface area contributed by atoms with Gasteiger partial charge in [-0.1, -0.05) is 19.6 Å². The molecule has 12 heavy (non-hydrogen) atoms. The Morgan fingerprint density at radius 2 is 2.25 bits per heavy atom. The highest BCUT2D eigenvalue weighted by Gasteiger charge is 2.39. The van der Waals surface area contributed by atoms with Gasteiger partial charge in [-0.2, -0.15) is 0 Å². The normalized spacial score (nSPS) is 34.5. The quantitative estimate of drug-likeness (QED) is 0.463. The van der Waals surface area contributed by atoms with Crippen molar-refractivity contribution in [1.82, 2.24) is 0 Å². The van der Waals surface area contributed by atoms with Gasteiger partial charge in [-0.15, -0.1) is 6.58 Å². The van der Waals surface area contributed by atoms with Gasteiger partial charge in [0.15, 0.2) is 0 Å². The minimum atomic E-state index is -0.162. The van der Waals surface area contributed by atoms with Gasteiger partial charge < -0.3 is 4.74 Å². The molecule has 3 atom stereocenters. The van der Waals surface area contributed by atoms with Crippen molar-refractivity contribution in [2.24, 2.45) is 11.8 Å². The van der Waals surface area contributed by atoms with Crippen LogP contribution in [-0.4, -0.2) is 12.1 Å². The molecule has 0 aromatic carbocycles. The van der Waals surface area contributed by atoms with E-state index in [4.69, 9.17) is 4.74 Å². The Morgan fingerprint density at radius 3 is 2.58 bits per heavy atom. The molecule has 0 bridgehead atoms. The average molecular weight is 166 g/mol. The third-order valence-electron chi connectivity index (χ3n) is 2.30. The second-order valence-corrected chi connectivity index (χ2v) is 3.31. The zero-order valence-corrected chi connectivity index (χ0v) is 7.54. The third kappa shape index (κ3) is 1.29. The van der Waals surface area contributed by atoms with Crippen LogP contribution >= 0.6 is 0 Å². The molecule has 1 heterocycles. The largest absolute Gasteiger partial charge is 0.457 e. The summed E-state index contributed by atoms with van der Waals surface area (Å²) in [4.78, 5) is 11.1. The summed E-state index contributed by atoms with van der Waals surface area (Å²) in [5, 5.41) is 0. The van der Waals surface area contributed by atoms with Gasteiger partial charge >= 0.3 is 5.97 Å². The minimum absolute atomic E-state index is 0.0794. The van der Waals surface area contributed by atoms with Crippen molar-refractivity contribution in [2.75, 3.05) is 0 Å². The van der Waals surface area contributed by atoms with Crippen molar-refractivity contribution in [3.05, 3.63) is 24.8 Å². The summed E-state index contributed by atoms with van der Waals surface area (Å²) in [6.07, 6.45) is 1.61. The lowest BCUT2D eigenvalue weighted by Gasteiger charge is -2.14. The summed E-state index contributed by atoms with van der Waals surface area (Å²) in [5.41, 5.74) is 0.887. The van der Waals surface area contributed by atoms with Gasteiger partial charge in [0, 0.05) is 5.92 Å². The van der Waals surface area contributed by atoms with Gasteiger partial charge in [0.1, 0.15) is 6.10 Å². The van der Waals surface area contributed by atoms with Crippen LogP contribution in [0.25, 0.3) is 0 Å². The molecule has 1 aliphatic rings. The SMILES string of the molecule is C=C[C@H]1[C@H](C)C(=O)O[C@@H]1C(=C)C. The lowest BCUT2D eigenvalue weighted by atomic mass is 9.89. The average Bonchev–Trinajstić information content (AvgIpc) is 2.29. The van der Waals surface area contributed by atoms with E-state index in [1.54, 1.807) is 6.08 Å². The van der Waals surface area contributed by atoms with Gasteiger partial charge in [-0.05, 0) is 12.5 Å². The first-order valence-electron chi connectivity index (χ1n) is 4.06. The highest BCUT2D eigenvalue weighted by molar-refractivity contribution is 5.75. The maximum Gasteiger partial charge on any atom is 0.310 e. The number of rotatable bonds is 2. The molecule has 2 heteroatoms. The lowest BCUT2D eigenvalue weighted by Crippen LogP contribution is -2.17. The molecule has 0 spiro atoms. The molecule has 0 unspecified atom stereocenters. The first-order valence-corrected chi connectivity index (χ1v) is 4.06. The van der Waals surface area contributed by atoms with Crippen LogP contribution in [0.5, 0.6) is 0 Å². The van der Waals surface area contributed by atoms with Gasteiger partial charge in [-0.25, -0.2) is 0 Å². The van der Waals surface area contributed by atoms with Crippen LogP contribution in [0.4, 0.5) is 0 Å². The van der Waals surface area contributed by atoms with Crippen LogP contribution in [0.3, 0.4) is 0 Å². The monoisotopic (exact) mass is 166 g/mol. The van der Waals surface area contributed by atoms with E-state index in [2.05, 4.69) is 13.2 Å². The molecule has 1 rings (SSSR count). The van der Waals surface area contributed by atoms with Gasteiger partial charge in [0.05, 0.1) is 5.92 Å². The van der Waals surface area contributed by atoms with Gasteiger partial charge in [0.25, 0.3) is 0 Å². The number of hydrogen-bond acceptors (Lipinski definition) is 2. The van der Waals surface area contributed by atoms with Crippen molar-refractivity contribution in [1.29, 1.82) is 0 Å². The molecule has 0 aromatic heterocycles. The predicted molar refractivity (Wildman–Crippen MR) is 47.5 cm³/mol. The summed E-state index contributed by atoms with van der Waals surface area (Å²) < 4.78 is 5.13.